The van der Waals surface area contributed by atoms with E-state index in [0.717, 1.165) is 28.9 Å². The van der Waals surface area contributed by atoms with E-state index < -0.39 is 21.5 Å². The molecule has 2 N–H and O–H groups in total. The van der Waals surface area contributed by atoms with Crippen molar-refractivity contribution in [2.75, 3.05) is 17.2 Å². The second-order valence-electron chi connectivity index (χ2n) is 5.76. The van der Waals surface area contributed by atoms with Crippen molar-refractivity contribution in [3.05, 3.63) is 57.2 Å². The zero-order chi connectivity index (χ0) is 17.4. The van der Waals surface area contributed by atoms with Gasteiger partial charge in [-0.1, -0.05) is 0 Å². The SMILES string of the molecule is O=C1Nc2ccc([I-]N3Cc4ccccc4NC3=O)cc2CCN1I. The number of rotatable bonds is 2. The second-order valence-corrected chi connectivity index (χ2v) is 9.82. The molecule has 0 spiro atoms. The van der Waals surface area contributed by atoms with Gasteiger partial charge in [0.2, 0.25) is 0 Å². The van der Waals surface area contributed by atoms with Gasteiger partial charge in [0.1, 0.15) is 0 Å². The molecule has 130 valence electrons. The topological polar surface area (TPSA) is 64.7 Å². The van der Waals surface area contributed by atoms with Crippen molar-refractivity contribution in [3.63, 3.8) is 0 Å². The van der Waals surface area contributed by atoms with Gasteiger partial charge in [-0.2, -0.15) is 0 Å². The summed E-state index contributed by atoms with van der Waals surface area (Å²) in [5.74, 6) is 0. The van der Waals surface area contributed by atoms with Gasteiger partial charge in [0.05, 0.1) is 0 Å². The number of hydrogen-bond donors (Lipinski definition) is 2. The monoisotopic (exact) mass is 561 g/mol. The molecule has 4 amide bonds. The fourth-order valence-electron chi connectivity index (χ4n) is 2.80. The Morgan fingerprint density at radius 2 is 1.72 bits per heavy atom. The summed E-state index contributed by atoms with van der Waals surface area (Å²) in [6.07, 6.45) is 0.809. The Bertz CT molecular complexity index is 858. The van der Waals surface area contributed by atoms with Crippen LogP contribution in [-0.2, 0) is 13.0 Å². The number of carbonyl (C=O) groups is 2. The van der Waals surface area contributed by atoms with Crippen molar-refractivity contribution in [2.45, 2.75) is 13.0 Å². The molecule has 2 heterocycles. The van der Waals surface area contributed by atoms with E-state index in [2.05, 4.69) is 16.7 Å². The summed E-state index contributed by atoms with van der Waals surface area (Å²) in [6, 6.07) is 13.9. The van der Waals surface area contributed by atoms with E-state index in [1.807, 2.05) is 62.4 Å². The summed E-state index contributed by atoms with van der Waals surface area (Å²) in [5.41, 5.74) is 4.04. The molecule has 0 bridgehead atoms. The molecule has 0 saturated carbocycles. The molecule has 6 nitrogen and oxygen atoms in total. The zero-order valence-electron chi connectivity index (χ0n) is 13.1. The van der Waals surface area contributed by atoms with Gasteiger partial charge in [-0.05, 0) is 0 Å². The van der Waals surface area contributed by atoms with Crippen LogP contribution in [0.25, 0.3) is 0 Å². The van der Waals surface area contributed by atoms with Crippen LogP contribution in [-0.4, -0.2) is 24.8 Å². The molecule has 4 rings (SSSR count). The van der Waals surface area contributed by atoms with Gasteiger partial charge in [0.15, 0.2) is 0 Å². The standard InChI is InChI=1S/C17H15I2N4O2/c18-22-8-7-11-9-13(5-6-15(11)20-16(22)24)19-23-10-12-3-1-2-4-14(12)21-17(23)25/h1-6,9H,7-8,10H2,(H,20,24)(H,21,25)/q-1. The Labute approximate surface area is 170 Å². The number of nitrogens with zero attached hydrogens (tertiary/aromatic N) is 2. The molecule has 0 radical (unpaired) electrons. The molecule has 0 fully saturated rings. The van der Waals surface area contributed by atoms with Crippen LogP contribution in [0.4, 0.5) is 21.0 Å². The van der Waals surface area contributed by atoms with Crippen LogP contribution in [0, 0.1) is 3.57 Å². The molecule has 0 saturated heterocycles. The Kier molecular flexibility index (Phi) is 4.71. The van der Waals surface area contributed by atoms with Crippen LogP contribution >= 0.6 is 22.9 Å². The van der Waals surface area contributed by atoms with Crippen molar-refractivity contribution in [1.82, 2.24) is 6.23 Å². The summed E-state index contributed by atoms with van der Waals surface area (Å²) >= 11 is 1.41. The Balaban J connectivity index is 1.54. The predicted molar refractivity (Wildman–Crippen MR) is 99.6 cm³/mol. The van der Waals surface area contributed by atoms with E-state index in [9.17, 15) is 9.59 Å². The summed E-state index contributed by atoms with van der Waals surface area (Å²) in [6.45, 7) is 1.32. The third-order valence-electron chi connectivity index (χ3n) is 4.09. The summed E-state index contributed by atoms with van der Waals surface area (Å²) < 4.78 is 4.73. The molecule has 2 aromatic carbocycles. The Morgan fingerprint density at radius 1 is 0.960 bits per heavy atom. The number of anilines is 2. The van der Waals surface area contributed by atoms with Gasteiger partial charge < -0.3 is 0 Å². The number of urea groups is 2. The number of para-hydroxylation sites is 1. The molecule has 2 aromatic rings. The first kappa shape index (κ1) is 16.9. The maximum atomic E-state index is 12.4. The van der Waals surface area contributed by atoms with Crippen LogP contribution in [0.5, 0.6) is 0 Å². The molecule has 0 aromatic heterocycles. The Hall–Kier alpha value is -1.56. The van der Waals surface area contributed by atoms with Crippen LogP contribution in [0.15, 0.2) is 42.5 Å². The number of nitrogens with one attached hydrogen (secondary N) is 2. The van der Waals surface area contributed by atoms with Crippen molar-refractivity contribution < 1.29 is 31.1 Å². The summed E-state index contributed by atoms with van der Waals surface area (Å²) in [4.78, 5) is 24.3. The first-order valence-electron chi connectivity index (χ1n) is 7.79. The summed E-state index contributed by atoms with van der Waals surface area (Å²) in [5, 5.41) is 5.89. The van der Waals surface area contributed by atoms with E-state index in [1.165, 1.54) is 3.57 Å². The predicted octanol–water partition coefficient (Wildman–Crippen LogP) is 0.648. The van der Waals surface area contributed by atoms with Gasteiger partial charge in [0, 0.05) is 0 Å². The normalized spacial score (nSPS) is 16.7. The number of amides is 4. The first-order chi connectivity index (χ1) is 12.1. The average molecular weight is 561 g/mol. The third kappa shape index (κ3) is 3.54. The molecule has 0 aliphatic carbocycles. The van der Waals surface area contributed by atoms with E-state index >= 15 is 0 Å². The molecule has 2 aliphatic heterocycles. The van der Waals surface area contributed by atoms with Crippen LogP contribution in [0.2, 0.25) is 0 Å². The van der Waals surface area contributed by atoms with Crippen LogP contribution < -0.4 is 32.1 Å². The fraction of sp³-hybridized carbons (Fsp3) is 0.176. The number of halogens is 2. The van der Waals surface area contributed by atoms with Crippen molar-refractivity contribution >= 4 is 46.3 Å². The number of fused-ring (bicyclic) bond motifs is 2. The summed E-state index contributed by atoms with van der Waals surface area (Å²) in [7, 11) is 0. The van der Waals surface area contributed by atoms with Gasteiger partial charge in [-0.25, -0.2) is 0 Å². The fourth-order valence-corrected chi connectivity index (χ4v) is 5.57. The zero-order valence-corrected chi connectivity index (χ0v) is 17.4. The minimum absolute atomic E-state index is 0.0341. The van der Waals surface area contributed by atoms with E-state index in [-0.39, 0.29) is 12.1 Å². The Morgan fingerprint density at radius 3 is 2.60 bits per heavy atom. The minimum atomic E-state index is -0.616. The molecule has 0 unspecified atom stereocenters. The number of benzene rings is 2. The van der Waals surface area contributed by atoms with Crippen molar-refractivity contribution in [3.8, 4) is 0 Å². The van der Waals surface area contributed by atoms with Crippen molar-refractivity contribution in [1.29, 1.82) is 0 Å². The first-order valence-corrected chi connectivity index (χ1v) is 10.8. The van der Waals surface area contributed by atoms with Crippen molar-refractivity contribution in [2.24, 2.45) is 0 Å². The average Bonchev–Trinajstić information content (AvgIpc) is 2.75. The second kappa shape index (κ2) is 6.98. The third-order valence-corrected chi connectivity index (χ3v) is 7.61. The van der Waals surface area contributed by atoms with E-state index in [0.29, 0.717) is 13.1 Å². The molecular weight excluding hydrogens is 546 g/mol. The van der Waals surface area contributed by atoms with E-state index in [1.54, 1.807) is 3.11 Å². The van der Waals surface area contributed by atoms with Crippen LogP contribution in [0.1, 0.15) is 11.1 Å². The van der Waals surface area contributed by atoms with Gasteiger partial charge in [-0.15, -0.1) is 0 Å². The molecule has 2 aliphatic rings. The molecule has 8 heteroatoms. The number of hydrogen-bond acceptors (Lipinski definition) is 2. The molecule has 0 atom stereocenters. The molecular formula is C17H15I2N4O2-. The molecule has 25 heavy (non-hydrogen) atoms. The van der Waals surface area contributed by atoms with E-state index in [4.69, 9.17) is 0 Å². The quantitative estimate of drug-likeness (QED) is 0.418. The number of carbonyl (C=O) groups excluding carboxylic acids is 2. The van der Waals surface area contributed by atoms with Gasteiger partial charge in [-0.3, -0.25) is 0 Å². The van der Waals surface area contributed by atoms with Crippen LogP contribution in [0.3, 0.4) is 0 Å². The maximum absolute atomic E-state index is 12.4. The van der Waals surface area contributed by atoms with Gasteiger partial charge in [0.25, 0.3) is 0 Å². The van der Waals surface area contributed by atoms with Gasteiger partial charge >= 0.3 is 171 Å².